The van der Waals surface area contributed by atoms with Crippen molar-refractivity contribution in [2.45, 2.75) is 37.1 Å². The number of benzene rings is 1. The van der Waals surface area contributed by atoms with Crippen LogP contribution < -0.4 is 5.73 Å². The molecule has 0 bridgehead atoms. The number of carboxylic acid groups (broad SMARTS) is 1. The van der Waals surface area contributed by atoms with Gasteiger partial charge in [0.05, 0.1) is 0 Å². The second-order valence-electron chi connectivity index (χ2n) is 6.23. The first-order valence-corrected chi connectivity index (χ1v) is 7.41. The fourth-order valence-corrected chi connectivity index (χ4v) is 3.60. The van der Waals surface area contributed by atoms with Gasteiger partial charge in [-0.15, -0.1) is 0 Å². The van der Waals surface area contributed by atoms with Gasteiger partial charge in [-0.05, 0) is 42.7 Å². The molecule has 1 fully saturated rings. The molecule has 0 saturated carbocycles. The Morgan fingerprint density at radius 1 is 1.45 bits per heavy atom. The molecule has 2 aliphatic rings. The van der Waals surface area contributed by atoms with Crippen LogP contribution in [0.5, 0.6) is 0 Å². The van der Waals surface area contributed by atoms with E-state index in [1.54, 1.807) is 0 Å². The minimum absolute atomic E-state index is 0.473. The number of nitrogens with zero attached hydrogens (tertiary/aromatic N) is 1. The van der Waals surface area contributed by atoms with Gasteiger partial charge >= 0.3 is 5.97 Å². The molecule has 108 valence electrons. The molecule has 0 spiro atoms. The predicted molar refractivity (Wildman–Crippen MR) is 77.7 cm³/mol. The van der Waals surface area contributed by atoms with E-state index in [0.717, 1.165) is 13.1 Å². The summed E-state index contributed by atoms with van der Waals surface area (Å²) in [6, 6.07) is 8.65. The van der Waals surface area contributed by atoms with Gasteiger partial charge < -0.3 is 15.7 Å². The molecule has 1 aliphatic heterocycles. The summed E-state index contributed by atoms with van der Waals surface area (Å²) in [7, 11) is 0. The third-order valence-corrected chi connectivity index (χ3v) is 4.78. The summed E-state index contributed by atoms with van der Waals surface area (Å²) in [6.45, 7) is 2.20. The van der Waals surface area contributed by atoms with Crippen LogP contribution in [0.1, 0.15) is 36.3 Å². The number of aryl methyl sites for hydroxylation is 1. The SMILES string of the molecule is NC1(C(=O)O)CCN(CC2CCCc3ccccc32)C1. The predicted octanol–water partition coefficient (Wildman–Crippen LogP) is 1.59. The second-order valence-corrected chi connectivity index (χ2v) is 6.23. The highest BCUT2D eigenvalue weighted by atomic mass is 16.4. The molecular weight excluding hydrogens is 252 g/mol. The maximum absolute atomic E-state index is 11.2. The molecule has 1 saturated heterocycles. The molecule has 3 N–H and O–H groups in total. The van der Waals surface area contributed by atoms with Crippen LogP contribution >= 0.6 is 0 Å². The molecule has 1 aliphatic carbocycles. The lowest BCUT2D eigenvalue weighted by molar-refractivity contribution is -0.142. The standard InChI is InChI=1S/C16H22N2O2/c17-16(15(19)20)8-9-18(11-16)10-13-6-3-5-12-4-1-2-7-14(12)13/h1-2,4,7,13H,3,5-6,8-11,17H2,(H,19,20). The summed E-state index contributed by atoms with van der Waals surface area (Å²) < 4.78 is 0. The highest BCUT2D eigenvalue weighted by Gasteiger charge is 2.41. The van der Waals surface area contributed by atoms with Crippen molar-refractivity contribution in [3.63, 3.8) is 0 Å². The van der Waals surface area contributed by atoms with Crippen molar-refractivity contribution in [3.05, 3.63) is 35.4 Å². The first kappa shape index (κ1) is 13.6. The summed E-state index contributed by atoms with van der Waals surface area (Å²) in [6.07, 6.45) is 4.14. The summed E-state index contributed by atoms with van der Waals surface area (Å²) in [4.78, 5) is 13.4. The van der Waals surface area contributed by atoms with Gasteiger partial charge in [0.15, 0.2) is 0 Å². The van der Waals surface area contributed by atoms with Crippen LogP contribution in [0.25, 0.3) is 0 Å². The van der Waals surface area contributed by atoms with Crippen molar-refractivity contribution in [2.24, 2.45) is 5.73 Å². The number of rotatable bonds is 3. The van der Waals surface area contributed by atoms with Crippen LogP contribution in [0.2, 0.25) is 0 Å². The Morgan fingerprint density at radius 2 is 2.25 bits per heavy atom. The number of carbonyl (C=O) groups is 1. The lowest BCUT2D eigenvalue weighted by Gasteiger charge is -2.29. The van der Waals surface area contributed by atoms with Crippen LogP contribution in [-0.4, -0.2) is 41.1 Å². The van der Waals surface area contributed by atoms with Crippen LogP contribution in [0.4, 0.5) is 0 Å². The van der Waals surface area contributed by atoms with E-state index in [4.69, 9.17) is 5.73 Å². The molecule has 1 aromatic rings. The van der Waals surface area contributed by atoms with E-state index in [1.807, 2.05) is 0 Å². The summed E-state index contributed by atoms with van der Waals surface area (Å²) in [5.74, 6) is -0.347. The largest absolute Gasteiger partial charge is 0.480 e. The van der Waals surface area contributed by atoms with Crippen LogP contribution in [0, 0.1) is 0 Å². The maximum Gasteiger partial charge on any atom is 0.325 e. The Balaban J connectivity index is 1.70. The van der Waals surface area contributed by atoms with E-state index in [1.165, 1.54) is 30.4 Å². The normalized spacial score (nSPS) is 30.1. The van der Waals surface area contributed by atoms with Crippen molar-refractivity contribution in [3.8, 4) is 0 Å². The fourth-order valence-electron chi connectivity index (χ4n) is 3.60. The Hall–Kier alpha value is -1.39. The number of aliphatic carboxylic acids is 1. The van der Waals surface area contributed by atoms with Gasteiger partial charge in [0, 0.05) is 19.6 Å². The average Bonchev–Trinajstić information content (AvgIpc) is 2.82. The molecule has 20 heavy (non-hydrogen) atoms. The van der Waals surface area contributed by atoms with E-state index >= 15 is 0 Å². The Morgan fingerprint density at radius 3 is 3.00 bits per heavy atom. The van der Waals surface area contributed by atoms with Crippen LogP contribution in [0.15, 0.2) is 24.3 Å². The summed E-state index contributed by atoms with van der Waals surface area (Å²) in [5.41, 5.74) is 7.81. The van der Waals surface area contributed by atoms with Gasteiger partial charge in [0.2, 0.25) is 0 Å². The molecule has 0 aromatic heterocycles. The monoisotopic (exact) mass is 274 g/mol. The number of fused-ring (bicyclic) bond motifs is 1. The smallest absolute Gasteiger partial charge is 0.325 e. The zero-order valence-electron chi connectivity index (χ0n) is 11.7. The van der Waals surface area contributed by atoms with E-state index in [0.29, 0.717) is 18.9 Å². The molecule has 2 atom stereocenters. The third kappa shape index (κ3) is 2.45. The van der Waals surface area contributed by atoms with Crippen molar-refractivity contribution >= 4 is 5.97 Å². The lowest BCUT2D eigenvalue weighted by atomic mass is 9.82. The third-order valence-electron chi connectivity index (χ3n) is 4.78. The highest BCUT2D eigenvalue weighted by Crippen LogP contribution is 2.33. The Kier molecular flexibility index (Phi) is 3.52. The van der Waals surface area contributed by atoms with E-state index in [9.17, 15) is 9.90 Å². The van der Waals surface area contributed by atoms with Gasteiger partial charge in [0.25, 0.3) is 0 Å². The molecule has 1 heterocycles. The maximum atomic E-state index is 11.2. The average molecular weight is 274 g/mol. The topological polar surface area (TPSA) is 66.6 Å². The zero-order chi connectivity index (χ0) is 14.2. The van der Waals surface area contributed by atoms with Crippen molar-refractivity contribution in [2.75, 3.05) is 19.6 Å². The Labute approximate surface area is 119 Å². The zero-order valence-corrected chi connectivity index (χ0v) is 11.7. The second kappa shape index (κ2) is 5.19. The first-order valence-electron chi connectivity index (χ1n) is 7.41. The van der Waals surface area contributed by atoms with Gasteiger partial charge in [0.1, 0.15) is 5.54 Å². The Bertz CT molecular complexity index is 517. The van der Waals surface area contributed by atoms with Gasteiger partial charge in [-0.1, -0.05) is 24.3 Å². The molecule has 0 amide bonds. The molecule has 4 nitrogen and oxygen atoms in total. The molecule has 2 unspecified atom stereocenters. The molecule has 0 radical (unpaired) electrons. The fraction of sp³-hybridized carbons (Fsp3) is 0.562. The molecule has 4 heteroatoms. The first-order chi connectivity index (χ1) is 9.58. The number of hydrogen-bond acceptors (Lipinski definition) is 3. The highest BCUT2D eigenvalue weighted by molar-refractivity contribution is 5.79. The minimum Gasteiger partial charge on any atom is -0.480 e. The van der Waals surface area contributed by atoms with Crippen LogP contribution in [0.3, 0.4) is 0 Å². The number of carboxylic acids is 1. The van der Waals surface area contributed by atoms with E-state index in [2.05, 4.69) is 29.2 Å². The molecule has 3 rings (SSSR count). The van der Waals surface area contributed by atoms with Crippen molar-refractivity contribution in [1.82, 2.24) is 4.90 Å². The van der Waals surface area contributed by atoms with Crippen molar-refractivity contribution in [1.29, 1.82) is 0 Å². The van der Waals surface area contributed by atoms with Crippen molar-refractivity contribution < 1.29 is 9.90 Å². The van der Waals surface area contributed by atoms with Gasteiger partial charge in [-0.2, -0.15) is 0 Å². The number of likely N-dealkylation sites (tertiary alicyclic amines) is 1. The number of hydrogen-bond donors (Lipinski definition) is 2. The quantitative estimate of drug-likeness (QED) is 0.878. The van der Waals surface area contributed by atoms with Gasteiger partial charge in [-0.3, -0.25) is 4.79 Å². The van der Waals surface area contributed by atoms with Gasteiger partial charge in [-0.25, -0.2) is 0 Å². The summed E-state index contributed by atoms with van der Waals surface area (Å²) >= 11 is 0. The lowest BCUT2D eigenvalue weighted by Crippen LogP contribution is -2.50. The van der Waals surface area contributed by atoms with E-state index in [-0.39, 0.29) is 0 Å². The van der Waals surface area contributed by atoms with E-state index < -0.39 is 11.5 Å². The minimum atomic E-state index is -1.05. The summed E-state index contributed by atoms with van der Waals surface area (Å²) in [5, 5.41) is 9.20. The molecular formula is C16H22N2O2. The van der Waals surface area contributed by atoms with Crippen LogP contribution in [-0.2, 0) is 11.2 Å². The number of nitrogens with two attached hydrogens (primary N) is 1. The molecule has 1 aromatic carbocycles.